The molecular formula is C24H18N6O2. The summed E-state index contributed by atoms with van der Waals surface area (Å²) in [4.78, 5) is 21.3. The molecule has 0 bridgehead atoms. The predicted molar refractivity (Wildman–Crippen MR) is 119 cm³/mol. The van der Waals surface area contributed by atoms with Crippen LogP contribution < -0.4 is 5.32 Å². The van der Waals surface area contributed by atoms with E-state index in [0.29, 0.717) is 35.2 Å². The first-order valence-corrected chi connectivity index (χ1v) is 9.99. The summed E-state index contributed by atoms with van der Waals surface area (Å²) in [6.07, 6.45) is 3.73. The number of hydrogen-bond donors (Lipinski definition) is 2. The average Bonchev–Trinajstić information content (AvgIpc) is 3.52. The highest BCUT2D eigenvalue weighted by Crippen LogP contribution is 2.22. The molecule has 2 N–H and O–H groups in total. The largest absolute Gasteiger partial charge is 0.339 e. The lowest BCUT2D eigenvalue weighted by atomic mass is 10.1. The molecule has 0 fully saturated rings. The minimum Gasteiger partial charge on any atom is -0.339 e. The van der Waals surface area contributed by atoms with Crippen molar-refractivity contribution in [1.29, 1.82) is 0 Å². The second-order valence-corrected chi connectivity index (χ2v) is 7.07. The Morgan fingerprint density at radius 3 is 2.56 bits per heavy atom. The lowest BCUT2D eigenvalue weighted by Crippen LogP contribution is -2.14. The van der Waals surface area contributed by atoms with E-state index in [0.717, 1.165) is 16.7 Å². The Labute approximate surface area is 183 Å². The van der Waals surface area contributed by atoms with Gasteiger partial charge in [-0.25, -0.2) is 0 Å². The monoisotopic (exact) mass is 422 g/mol. The Hall–Kier alpha value is -4.59. The van der Waals surface area contributed by atoms with E-state index in [2.05, 4.69) is 30.6 Å². The number of aromatic nitrogens is 5. The zero-order valence-electron chi connectivity index (χ0n) is 16.9. The van der Waals surface area contributed by atoms with Crippen LogP contribution in [0.15, 0.2) is 89.7 Å². The van der Waals surface area contributed by atoms with E-state index in [1.807, 2.05) is 66.7 Å². The van der Waals surface area contributed by atoms with Crippen molar-refractivity contribution in [3.63, 3.8) is 0 Å². The molecular weight excluding hydrogens is 404 g/mol. The number of hydrogen-bond acceptors (Lipinski definition) is 6. The molecule has 2 aromatic carbocycles. The van der Waals surface area contributed by atoms with E-state index in [1.54, 1.807) is 18.5 Å². The highest BCUT2D eigenvalue weighted by molar-refractivity contribution is 6.03. The zero-order chi connectivity index (χ0) is 21.8. The molecule has 0 aliphatic rings. The molecule has 3 aromatic heterocycles. The number of para-hydroxylation sites is 1. The van der Waals surface area contributed by atoms with E-state index >= 15 is 0 Å². The maximum absolute atomic E-state index is 12.8. The summed E-state index contributed by atoms with van der Waals surface area (Å²) in [5.74, 6) is 0.663. The first-order chi connectivity index (χ1) is 15.8. The maximum atomic E-state index is 12.8. The summed E-state index contributed by atoms with van der Waals surface area (Å²) < 4.78 is 5.41. The number of pyridine rings is 1. The normalized spacial score (nSPS) is 10.8. The molecule has 0 atom stereocenters. The Balaban J connectivity index is 1.33. The van der Waals surface area contributed by atoms with Gasteiger partial charge in [-0.05, 0) is 29.8 Å². The number of carbonyl (C=O) groups excluding carboxylic acids is 1. The molecule has 0 unspecified atom stereocenters. The van der Waals surface area contributed by atoms with E-state index < -0.39 is 0 Å². The maximum Gasteiger partial charge on any atom is 0.273 e. The number of anilines is 1. The molecule has 156 valence electrons. The van der Waals surface area contributed by atoms with E-state index in [9.17, 15) is 4.79 Å². The number of H-pyrrole nitrogens is 1. The Bertz CT molecular complexity index is 1350. The molecule has 0 aliphatic heterocycles. The van der Waals surface area contributed by atoms with Crippen molar-refractivity contribution in [3.8, 4) is 22.6 Å². The Morgan fingerprint density at radius 1 is 0.938 bits per heavy atom. The molecule has 8 nitrogen and oxygen atoms in total. The summed E-state index contributed by atoms with van der Waals surface area (Å²) in [5.41, 5.74) is 4.36. The van der Waals surface area contributed by atoms with E-state index in [1.165, 1.54) is 0 Å². The number of amides is 1. The molecule has 0 saturated carbocycles. The molecule has 5 rings (SSSR count). The Kier molecular flexibility index (Phi) is 5.24. The van der Waals surface area contributed by atoms with Crippen molar-refractivity contribution in [1.82, 2.24) is 25.3 Å². The first kappa shape index (κ1) is 19.4. The van der Waals surface area contributed by atoms with Crippen molar-refractivity contribution in [3.05, 3.63) is 102 Å². The van der Waals surface area contributed by atoms with Crippen LogP contribution in [0.2, 0.25) is 0 Å². The van der Waals surface area contributed by atoms with Gasteiger partial charge in [0, 0.05) is 29.2 Å². The molecule has 32 heavy (non-hydrogen) atoms. The summed E-state index contributed by atoms with van der Waals surface area (Å²) in [5, 5.41) is 14.0. The lowest BCUT2D eigenvalue weighted by Gasteiger charge is -2.08. The van der Waals surface area contributed by atoms with Gasteiger partial charge in [0.25, 0.3) is 5.91 Å². The average molecular weight is 422 g/mol. The van der Waals surface area contributed by atoms with E-state index in [-0.39, 0.29) is 5.91 Å². The Morgan fingerprint density at radius 2 is 1.72 bits per heavy atom. The molecule has 5 aromatic rings. The second kappa shape index (κ2) is 8.65. The van der Waals surface area contributed by atoms with Gasteiger partial charge in [-0.2, -0.15) is 10.1 Å². The number of aromatic amines is 1. The van der Waals surface area contributed by atoms with Crippen LogP contribution in [0.25, 0.3) is 22.6 Å². The van der Waals surface area contributed by atoms with Gasteiger partial charge in [0.15, 0.2) is 0 Å². The van der Waals surface area contributed by atoms with Gasteiger partial charge in [-0.1, -0.05) is 53.7 Å². The zero-order valence-corrected chi connectivity index (χ0v) is 16.9. The van der Waals surface area contributed by atoms with Crippen molar-refractivity contribution in [2.45, 2.75) is 6.42 Å². The van der Waals surface area contributed by atoms with E-state index in [4.69, 9.17) is 4.52 Å². The van der Waals surface area contributed by atoms with Crippen LogP contribution in [-0.2, 0) is 6.42 Å². The van der Waals surface area contributed by atoms with Crippen molar-refractivity contribution >= 4 is 11.6 Å². The number of carbonyl (C=O) groups is 1. The van der Waals surface area contributed by atoms with Gasteiger partial charge in [0.2, 0.25) is 11.7 Å². The van der Waals surface area contributed by atoms with Crippen LogP contribution in [0.1, 0.15) is 21.9 Å². The van der Waals surface area contributed by atoms with Crippen LogP contribution in [0.5, 0.6) is 0 Å². The van der Waals surface area contributed by atoms with Crippen molar-refractivity contribution in [2.24, 2.45) is 0 Å². The summed E-state index contributed by atoms with van der Waals surface area (Å²) >= 11 is 0. The topological polar surface area (TPSA) is 110 Å². The van der Waals surface area contributed by atoms with Gasteiger partial charge in [-0.15, -0.1) is 0 Å². The van der Waals surface area contributed by atoms with Crippen LogP contribution in [0.3, 0.4) is 0 Å². The quantitative estimate of drug-likeness (QED) is 0.421. The summed E-state index contributed by atoms with van der Waals surface area (Å²) in [6.45, 7) is 0. The predicted octanol–water partition coefficient (Wildman–Crippen LogP) is 4.36. The third kappa shape index (κ3) is 4.15. The van der Waals surface area contributed by atoms with Crippen LogP contribution in [0.4, 0.5) is 5.69 Å². The molecule has 0 saturated heterocycles. The standard InChI is InChI=1S/C24H18N6O2/c31-24(21-15-20(28-29-21)16-6-2-1-3-7-16)26-19-9-5-4-8-18(19)14-22-27-23(30-32-22)17-10-12-25-13-11-17/h1-13,15H,14H2,(H,26,31)(H,28,29). The molecule has 3 heterocycles. The van der Waals surface area contributed by atoms with Gasteiger partial charge >= 0.3 is 0 Å². The van der Waals surface area contributed by atoms with Crippen LogP contribution in [0, 0.1) is 0 Å². The lowest BCUT2D eigenvalue weighted by molar-refractivity contribution is 0.102. The van der Waals surface area contributed by atoms with Crippen LogP contribution >= 0.6 is 0 Å². The number of benzene rings is 2. The third-order valence-electron chi connectivity index (χ3n) is 4.91. The fourth-order valence-corrected chi connectivity index (χ4v) is 3.29. The van der Waals surface area contributed by atoms with Gasteiger partial charge in [0.1, 0.15) is 5.69 Å². The number of rotatable bonds is 6. The molecule has 0 spiro atoms. The molecule has 0 radical (unpaired) electrons. The van der Waals surface area contributed by atoms with Crippen molar-refractivity contribution in [2.75, 3.05) is 5.32 Å². The van der Waals surface area contributed by atoms with Gasteiger partial charge in [-0.3, -0.25) is 14.9 Å². The molecule has 1 amide bonds. The second-order valence-electron chi connectivity index (χ2n) is 7.07. The number of nitrogens with one attached hydrogen (secondary N) is 2. The highest BCUT2D eigenvalue weighted by atomic mass is 16.5. The van der Waals surface area contributed by atoms with Gasteiger partial charge < -0.3 is 9.84 Å². The fourth-order valence-electron chi connectivity index (χ4n) is 3.29. The van der Waals surface area contributed by atoms with Crippen LogP contribution in [-0.4, -0.2) is 31.2 Å². The third-order valence-corrected chi connectivity index (χ3v) is 4.91. The summed E-state index contributed by atoms with van der Waals surface area (Å²) in [6, 6.07) is 22.5. The molecule has 8 heteroatoms. The number of nitrogens with zero attached hydrogens (tertiary/aromatic N) is 4. The highest BCUT2D eigenvalue weighted by Gasteiger charge is 2.15. The fraction of sp³-hybridized carbons (Fsp3) is 0.0417. The molecule has 0 aliphatic carbocycles. The van der Waals surface area contributed by atoms with Gasteiger partial charge in [0.05, 0.1) is 12.1 Å². The smallest absolute Gasteiger partial charge is 0.273 e. The van der Waals surface area contributed by atoms with Crippen molar-refractivity contribution < 1.29 is 9.32 Å². The summed E-state index contributed by atoms with van der Waals surface area (Å²) in [7, 11) is 0. The minimum atomic E-state index is -0.282. The minimum absolute atomic E-state index is 0.282. The SMILES string of the molecule is O=C(Nc1ccccc1Cc1nc(-c2ccncc2)no1)c1cc(-c2ccccc2)n[nH]1. The first-order valence-electron chi connectivity index (χ1n) is 9.99.